The molecule has 1 aromatic rings. The molecule has 2 aliphatic rings. The van der Waals surface area contributed by atoms with Gasteiger partial charge in [0.1, 0.15) is 0 Å². The molecule has 20 heavy (non-hydrogen) atoms. The maximum atomic E-state index is 11.8. The van der Waals surface area contributed by atoms with E-state index < -0.39 is 5.60 Å². The zero-order valence-electron chi connectivity index (χ0n) is 11.4. The van der Waals surface area contributed by atoms with E-state index >= 15 is 0 Å². The van der Waals surface area contributed by atoms with E-state index in [1.165, 1.54) is 11.1 Å². The molecule has 1 heterocycles. The first-order valence-corrected chi connectivity index (χ1v) is 8.21. The molecule has 0 radical (unpaired) electrons. The van der Waals surface area contributed by atoms with Crippen LogP contribution in [-0.2, 0) is 6.42 Å². The second-order valence-corrected chi connectivity index (χ2v) is 6.80. The Morgan fingerprint density at radius 3 is 3.00 bits per heavy atom. The number of carbonyl (C=O) groups excluding carboxylic acids is 1. The van der Waals surface area contributed by atoms with Crippen LogP contribution in [-0.4, -0.2) is 41.3 Å². The number of rotatable bonds is 4. The Kier molecular flexibility index (Phi) is 3.89. The lowest BCUT2D eigenvalue weighted by Gasteiger charge is -2.30. The van der Waals surface area contributed by atoms with E-state index in [4.69, 9.17) is 0 Å². The van der Waals surface area contributed by atoms with Gasteiger partial charge in [0.2, 0.25) is 0 Å². The molecule has 1 saturated heterocycles. The number of hydrogen-bond acceptors (Lipinski definition) is 3. The molecule has 1 aliphatic heterocycles. The number of aliphatic hydroxyl groups is 1. The number of urea groups is 1. The van der Waals surface area contributed by atoms with Crippen LogP contribution in [0.4, 0.5) is 4.79 Å². The summed E-state index contributed by atoms with van der Waals surface area (Å²) < 4.78 is 0. The van der Waals surface area contributed by atoms with Crippen LogP contribution in [0.1, 0.15) is 23.5 Å². The summed E-state index contributed by atoms with van der Waals surface area (Å²) in [5.41, 5.74) is 2.01. The molecular formula is C15H20N2O2S. The van der Waals surface area contributed by atoms with Gasteiger partial charge in [-0.15, -0.1) is 0 Å². The van der Waals surface area contributed by atoms with Gasteiger partial charge >= 0.3 is 6.03 Å². The summed E-state index contributed by atoms with van der Waals surface area (Å²) in [4.78, 5) is 11.8. The van der Waals surface area contributed by atoms with Crippen LogP contribution < -0.4 is 10.6 Å². The van der Waals surface area contributed by atoms with Crippen LogP contribution in [0.2, 0.25) is 0 Å². The minimum Gasteiger partial charge on any atom is -0.387 e. The molecule has 0 saturated carbocycles. The van der Waals surface area contributed by atoms with Crippen LogP contribution >= 0.6 is 11.8 Å². The van der Waals surface area contributed by atoms with E-state index in [1.54, 1.807) is 11.8 Å². The summed E-state index contributed by atoms with van der Waals surface area (Å²) in [6.45, 7) is 1.00. The fourth-order valence-corrected chi connectivity index (χ4v) is 4.10. The molecule has 0 spiro atoms. The molecular weight excluding hydrogens is 272 g/mol. The van der Waals surface area contributed by atoms with Gasteiger partial charge in [0.15, 0.2) is 0 Å². The third kappa shape index (κ3) is 2.94. The highest BCUT2D eigenvalue weighted by atomic mass is 32.2. The third-order valence-corrected chi connectivity index (χ3v) is 5.37. The third-order valence-electron chi connectivity index (χ3n) is 4.13. The zero-order chi connectivity index (χ0) is 14.0. The lowest BCUT2D eigenvalue weighted by atomic mass is 9.78. The van der Waals surface area contributed by atoms with Crippen molar-refractivity contribution in [3.63, 3.8) is 0 Å². The SMILES string of the molecule is O=C(NCC1Cc2ccccc21)NCC1(O)CCSC1. The van der Waals surface area contributed by atoms with Crippen molar-refractivity contribution in [2.24, 2.45) is 0 Å². The summed E-state index contributed by atoms with van der Waals surface area (Å²) in [6, 6.07) is 8.17. The highest BCUT2D eigenvalue weighted by molar-refractivity contribution is 7.99. The predicted octanol–water partition coefficient (Wildman–Crippen LogP) is 1.49. The van der Waals surface area contributed by atoms with Crippen LogP contribution in [0.5, 0.6) is 0 Å². The summed E-state index contributed by atoms with van der Waals surface area (Å²) in [5, 5.41) is 15.8. The summed E-state index contributed by atoms with van der Waals surface area (Å²) in [6.07, 6.45) is 1.80. The average Bonchev–Trinajstić information content (AvgIpc) is 2.85. The second-order valence-electron chi connectivity index (χ2n) is 5.69. The minimum atomic E-state index is -0.717. The molecule has 0 aromatic heterocycles. The van der Waals surface area contributed by atoms with Crippen molar-refractivity contribution in [1.82, 2.24) is 10.6 Å². The van der Waals surface area contributed by atoms with Crippen molar-refractivity contribution < 1.29 is 9.90 Å². The highest BCUT2D eigenvalue weighted by Crippen LogP contribution is 2.33. The van der Waals surface area contributed by atoms with Crippen LogP contribution in [0.25, 0.3) is 0 Å². The van der Waals surface area contributed by atoms with E-state index in [9.17, 15) is 9.90 Å². The van der Waals surface area contributed by atoms with Gasteiger partial charge in [0, 0.05) is 24.8 Å². The maximum Gasteiger partial charge on any atom is 0.314 e. The minimum absolute atomic E-state index is 0.181. The largest absolute Gasteiger partial charge is 0.387 e. The van der Waals surface area contributed by atoms with Crippen molar-refractivity contribution in [3.05, 3.63) is 35.4 Å². The normalized spacial score (nSPS) is 27.6. The fraction of sp³-hybridized carbons (Fsp3) is 0.533. The van der Waals surface area contributed by atoms with Crippen LogP contribution in [0.3, 0.4) is 0 Å². The van der Waals surface area contributed by atoms with Gasteiger partial charge in [-0.2, -0.15) is 11.8 Å². The monoisotopic (exact) mass is 292 g/mol. The van der Waals surface area contributed by atoms with Crippen molar-refractivity contribution >= 4 is 17.8 Å². The van der Waals surface area contributed by atoms with E-state index in [-0.39, 0.29) is 6.03 Å². The number of hydrogen-bond donors (Lipinski definition) is 3. The Hall–Kier alpha value is -1.20. The topological polar surface area (TPSA) is 61.4 Å². The number of benzene rings is 1. The van der Waals surface area contributed by atoms with Gasteiger partial charge in [-0.1, -0.05) is 24.3 Å². The van der Waals surface area contributed by atoms with Gasteiger partial charge in [0.25, 0.3) is 0 Å². The lowest BCUT2D eigenvalue weighted by Crippen LogP contribution is -2.47. The van der Waals surface area contributed by atoms with E-state index in [0.29, 0.717) is 24.8 Å². The number of fused-ring (bicyclic) bond motifs is 1. The Labute approximate surface area is 123 Å². The van der Waals surface area contributed by atoms with Gasteiger partial charge in [-0.3, -0.25) is 0 Å². The molecule has 2 unspecified atom stereocenters. The van der Waals surface area contributed by atoms with Crippen molar-refractivity contribution in [2.45, 2.75) is 24.4 Å². The molecule has 1 aliphatic carbocycles. The first-order valence-electron chi connectivity index (χ1n) is 7.06. The number of carbonyl (C=O) groups is 1. The van der Waals surface area contributed by atoms with Gasteiger partial charge in [-0.05, 0) is 29.7 Å². The van der Waals surface area contributed by atoms with Gasteiger partial charge < -0.3 is 15.7 Å². The number of amides is 2. The molecule has 3 N–H and O–H groups in total. The first-order chi connectivity index (χ1) is 9.66. The molecule has 1 fully saturated rings. The smallest absolute Gasteiger partial charge is 0.314 e. The zero-order valence-corrected chi connectivity index (χ0v) is 12.2. The molecule has 4 nitrogen and oxygen atoms in total. The second kappa shape index (κ2) is 5.66. The molecule has 2 amide bonds. The van der Waals surface area contributed by atoms with Crippen LogP contribution in [0, 0.1) is 0 Å². The molecule has 3 rings (SSSR count). The van der Waals surface area contributed by atoms with Crippen LogP contribution in [0.15, 0.2) is 24.3 Å². The van der Waals surface area contributed by atoms with Crippen molar-refractivity contribution in [1.29, 1.82) is 0 Å². The molecule has 5 heteroatoms. The fourth-order valence-electron chi connectivity index (χ4n) is 2.80. The number of nitrogens with one attached hydrogen (secondary N) is 2. The quantitative estimate of drug-likeness (QED) is 0.788. The summed E-state index contributed by atoms with van der Waals surface area (Å²) in [7, 11) is 0. The lowest BCUT2D eigenvalue weighted by molar-refractivity contribution is 0.0700. The summed E-state index contributed by atoms with van der Waals surface area (Å²) in [5.74, 6) is 2.11. The predicted molar refractivity (Wildman–Crippen MR) is 81.2 cm³/mol. The van der Waals surface area contributed by atoms with Crippen molar-refractivity contribution in [3.8, 4) is 0 Å². The first kappa shape index (κ1) is 13.8. The average molecular weight is 292 g/mol. The Morgan fingerprint density at radius 2 is 2.25 bits per heavy atom. The molecule has 0 bridgehead atoms. The maximum absolute atomic E-state index is 11.8. The van der Waals surface area contributed by atoms with E-state index in [0.717, 1.165) is 18.6 Å². The number of thioether (sulfide) groups is 1. The van der Waals surface area contributed by atoms with E-state index in [2.05, 4.69) is 28.8 Å². The van der Waals surface area contributed by atoms with Gasteiger partial charge in [-0.25, -0.2) is 4.79 Å². The van der Waals surface area contributed by atoms with E-state index in [1.807, 2.05) is 6.07 Å². The highest BCUT2D eigenvalue weighted by Gasteiger charge is 2.32. The van der Waals surface area contributed by atoms with Gasteiger partial charge in [0.05, 0.1) is 5.60 Å². The molecule has 2 atom stereocenters. The molecule has 1 aromatic carbocycles. The van der Waals surface area contributed by atoms with Crippen molar-refractivity contribution in [2.75, 3.05) is 24.6 Å². The Balaban J connectivity index is 1.40. The standard InChI is InChI=1S/C15H20N2O2S/c18-14(17-9-15(19)5-6-20-10-15)16-8-12-7-11-3-1-2-4-13(11)12/h1-4,12,19H,5-10H2,(H2,16,17,18). The Morgan fingerprint density at radius 1 is 1.40 bits per heavy atom. The Bertz CT molecular complexity index is 500. The summed E-state index contributed by atoms with van der Waals surface area (Å²) >= 11 is 1.73. The molecule has 108 valence electrons.